The highest BCUT2D eigenvalue weighted by atomic mass is 35.5. The van der Waals surface area contributed by atoms with E-state index in [4.69, 9.17) is 17.1 Å². The second kappa shape index (κ2) is 4.88. The Morgan fingerprint density at radius 1 is 1.30 bits per heavy atom. The highest BCUT2D eigenvalue weighted by Crippen LogP contribution is 2.48. The molecule has 20 heavy (non-hydrogen) atoms. The van der Waals surface area contributed by atoms with Crippen molar-refractivity contribution in [2.24, 2.45) is 5.11 Å². The third-order valence-corrected chi connectivity index (χ3v) is 3.32. The van der Waals surface area contributed by atoms with Crippen molar-refractivity contribution in [2.75, 3.05) is 0 Å². The Balaban J connectivity index is 2.90. The first-order valence-electron chi connectivity index (χ1n) is 5.56. The molecular formula is C12H8ClN3O4. The first-order valence-corrected chi connectivity index (χ1v) is 5.93. The van der Waals surface area contributed by atoms with Gasteiger partial charge in [0.25, 0.3) is 0 Å². The summed E-state index contributed by atoms with van der Waals surface area (Å²) in [7, 11) is 0. The summed E-state index contributed by atoms with van der Waals surface area (Å²) in [5, 5.41) is 22.6. The van der Waals surface area contributed by atoms with Gasteiger partial charge in [0, 0.05) is 10.5 Å². The van der Waals surface area contributed by atoms with Crippen molar-refractivity contribution in [1.82, 2.24) is 0 Å². The van der Waals surface area contributed by atoms with Crippen LogP contribution in [0.1, 0.15) is 34.1 Å². The second-order valence-corrected chi connectivity index (χ2v) is 4.39. The summed E-state index contributed by atoms with van der Waals surface area (Å²) in [6.07, 6.45) is 1.37. The van der Waals surface area contributed by atoms with Crippen LogP contribution >= 0.6 is 11.6 Å². The number of hydrogen-bond acceptors (Lipinski definition) is 5. The van der Waals surface area contributed by atoms with Gasteiger partial charge in [0.1, 0.15) is 17.2 Å². The number of halogens is 1. The van der Waals surface area contributed by atoms with E-state index < -0.39 is 39.3 Å². The van der Waals surface area contributed by atoms with Crippen molar-refractivity contribution in [3.8, 4) is 11.5 Å². The van der Waals surface area contributed by atoms with E-state index in [-0.39, 0.29) is 11.1 Å². The molecule has 1 aliphatic rings. The van der Waals surface area contributed by atoms with E-state index in [0.29, 0.717) is 6.42 Å². The molecule has 2 N–H and O–H groups in total. The number of hydrogen-bond donors (Lipinski definition) is 2. The molecule has 0 unspecified atom stereocenters. The molecule has 0 saturated heterocycles. The van der Waals surface area contributed by atoms with Crippen LogP contribution in [-0.2, 0) is 0 Å². The average molecular weight is 294 g/mol. The molecule has 0 aliphatic heterocycles. The number of ketones is 2. The number of benzene rings is 1. The predicted molar refractivity (Wildman–Crippen MR) is 70.6 cm³/mol. The van der Waals surface area contributed by atoms with Crippen LogP contribution < -0.4 is 0 Å². The number of rotatable bonds is 2. The smallest absolute Gasteiger partial charge is 0.193 e. The van der Waals surface area contributed by atoms with Crippen molar-refractivity contribution in [2.45, 2.75) is 13.3 Å². The number of Topliss-reactive ketones (excluding diaryl/α,β-unsaturated/α-hetero) is 1. The summed E-state index contributed by atoms with van der Waals surface area (Å²) in [6, 6.07) is 0. The van der Waals surface area contributed by atoms with Crippen LogP contribution in [0.15, 0.2) is 16.8 Å². The van der Waals surface area contributed by atoms with Gasteiger partial charge in [-0.2, -0.15) is 0 Å². The third kappa shape index (κ3) is 1.80. The zero-order valence-electron chi connectivity index (χ0n) is 10.2. The van der Waals surface area contributed by atoms with E-state index in [9.17, 15) is 19.8 Å². The SMILES string of the molecule is CCC1=CC(=O)c2c(O)c(N=[N+]=[N-])c(Cl)c(O)c2C1=O. The van der Waals surface area contributed by atoms with Gasteiger partial charge in [0.15, 0.2) is 11.6 Å². The van der Waals surface area contributed by atoms with Crippen LogP contribution in [0.4, 0.5) is 5.69 Å². The Kier molecular flexibility index (Phi) is 3.40. The molecule has 0 fully saturated rings. The molecule has 1 aliphatic carbocycles. The van der Waals surface area contributed by atoms with Crippen LogP contribution in [0, 0.1) is 0 Å². The maximum Gasteiger partial charge on any atom is 0.193 e. The van der Waals surface area contributed by atoms with Crippen LogP contribution in [0.25, 0.3) is 10.4 Å². The van der Waals surface area contributed by atoms with E-state index in [1.54, 1.807) is 6.92 Å². The molecule has 0 bridgehead atoms. The van der Waals surface area contributed by atoms with Gasteiger partial charge < -0.3 is 10.2 Å². The van der Waals surface area contributed by atoms with E-state index in [0.717, 1.165) is 6.08 Å². The molecule has 0 spiro atoms. The number of allylic oxidation sites excluding steroid dienone is 2. The maximum absolute atomic E-state index is 12.1. The normalized spacial score (nSPS) is 13.6. The van der Waals surface area contributed by atoms with E-state index >= 15 is 0 Å². The fourth-order valence-electron chi connectivity index (χ4n) is 2.00. The molecule has 8 heteroatoms. The van der Waals surface area contributed by atoms with Crippen molar-refractivity contribution < 1.29 is 19.8 Å². The molecule has 0 amide bonds. The predicted octanol–water partition coefficient (Wildman–Crippen LogP) is 3.41. The number of fused-ring (bicyclic) bond motifs is 1. The van der Waals surface area contributed by atoms with Crippen molar-refractivity contribution >= 4 is 28.9 Å². The number of carbonyl (C=O) groups excluding carboxylic acids is 2. The van der Waals surface area contributed by atoms with Gasteiger partial charge in [-0.3, -0.25) is 9.59 Å². The lowest BCUT2D eigenvalue weighted by Gasteiger charge is -2.18. The van der Waals surface area contributed by atoms with E-state index in [2.05, 4.69) is 10.0 Å². The largest absolute Gasteiger partial charge is 0.507 e. The van der Waals surface area contributed by atoms with Gasteiger partial charge in [-0.25, -0.2) is 0 Å². The number of aromatic hydroxyl groups is 2. The van der Waals surface area contributed by atoms with Gasteiger partial charge in [0.2, 0.25) is 0 Å². The molecule has 0 atom stereocenters. The van der Waals surface area contributed by atoms with Gasteiger partial charge in [-0.05, 0) is 18.0 Å². The van der Waals surface area contributed by atoms with Crippen molar-refractivity contribution in [1.29, 1.82) is 0 Å². The number of azide groups is 1. The Morgan fingerprint density at radius 3 is 2.50 bits per heavy atom. The standard InChI is InChI=1S/C12H8ClN3O4/c1-2-4-3-5(17)6-7(10(4)18)11(19)8(13)9(12(6)20)15-16-14/h3,19-20H,2H2,1H3. The van der Waals surface area contributed by atoms with Crippen molar-refractivity contribution in [3.05, 3.63) is 38.2 Å². The molecule has 0 saturated carbocycles. The molecule has 0 aromatic heterocycles. The lowest BCUT2D eigenvalue weighted by Crippen LogP contribution is -2.17. The van der Waals surface area contributed by atoms with E-state index in [1.807, 2.05) is 0 Å². The highest BCUT2D eigenvalue weighted by molar-refractivity contribution is 6.37. The lowest BCUT2D eigenvalue weighted by molar-refractivity contribution is 0.0977. The molecular weight excluding hydrogens is 286 g/mol. The summed E-state index contributed by atoms with van der Waals surface area (Å²) in [4.78, 5) is 26.5. The van der Waals surface area contributed by atoms with Crippen LogP contribution in [-0.4, -0.2) is 21.8 Å². The maximum atomic E-state index is 12.1. The summed E-state index contributed by atoms with van der Waals surface area (Å²) in [6.45, 7) is 1.68. The van der Waals surface area contributed by atoms with E-state index in [1.165, 1.54) is 0 Å². The monoisotopic (exact) mass is 293 g/mol. The zero-order valence-corrected chi connectivity index (χ0v) is 11.0. The Labute approximate surface area is 117 Å². The first kappa shape index (κ1) is 13.9. The second-order valence-electron chi connectivity index (χ2n) is 4.02. The minimum absolute atomic E-state index is 0.199. The summed E-state index contributed by atoms with van der Waals surface area (Å²) in [5.41, 5.74) is 7.34. The minimum Gasteiger partial charge on any atom is -0.507 e. The van der Waals surface area contributed by atoms with Crippen LogP contribution in [0.3, 0.4) is 0 Å². The summed E-state index contributed by atoms with van der Waals surface area (Å²) in [5.74, 6) is -2.65. The minimum atomic E-state index is -0.717. The average Bonchev–Trinajstić information content (AvgIpc) is 2.42. The van der Waals surface area contributed by atoms with Gasteiger partial charge >= 0.3 is 0 Å². The molecule has 1 aromatic rings. The topological polar surface area (TPSA) is 123 Å². The molecule has 2 rings (SSSR count). The summed E-state index contributed by atoms with van der Waals surface area (Å²) < 4.78 is 0. The Hall–Kier alpha value is -2.50. The molecule has 0 heterocycles. The van der Waals surface area contributed by atoms with Gasteiger partial charge in [-0.15, -0.1) is 0 Å². The Bertz CT molecular complexity index is 733. The fraction of sp³-hybridized carbons (Fsp3) is 0.167. The Morgan fingerprint density at radius 2 is 1.95 bits per heavy atom. The quantitative estimate of drug-likeness (QED) is 0.375. The molecule has 102 valence electrons. The van der Waals surface area contributed by atoms with Gasteiger partial charge in [-0.1, -0.05) is 23.6 Å². The molecule has 0 radical (unpaired) electrons. The zero-order chi connectivity index (χ0) is 15.0. The van der Waals surface area contributed by atoms with Crippen LogP contribution in [0.2, 0.25) is 5.02 Å². The third-order valence-electron chi connectivity index (χ3n) is 2.96. The number of phenols is 2. The van der Waals surface area contributed by atoms with Crippen LogP contribution in [0.5, 0.6) is 11.5 Å². The number of nitrogens with zero attached hydrogens (tertiary/aromatic N) is 3. The van der Waals surface area contributed by atoms with Gasteiger partial charge in [0.05, 0.1) is 16.1 Å². The summed E-state index contributed by atoms with van der Waals surface area (Å²) >= 11 is 5.76. The lowest BCUT2D eigenvalue weighted by atomic mass is 9.86. The fourth-order valence-corrected chi connectivity index (χ4v) is 2.22. The number of phenolic OH excluding ortho intramolecular Hbond substituents is 2. The first-order chi connectivity index (χ1) is 9.43. The van der Waals surface area contributed by atoms with Crippen molar-refractivity contribution in [3.63, 3.8) is 0 Å². The highest BCUT2D eigenvalue weighted by Gasteiger charge is 2.34. The number of carbonyl (C=O) groups is 2. The molecule has 7 nitrogen and oxygen atoms in total. The molecule has 1 aromatic carbocycles.